The first-order chi connectivity index (χ1) is 44.2. The molecule has 472 valence electrons. The lowest BCUT2D eigenvalue weighted by atomic mass is 9.70. The first kappa shape index (κ1) is 65.7. The molecule has 3 aliphatic rings. The van der Waals surface area contributed by atoms with Crippen molar-refractivity contribution >= 4 is 41.2 Å². The molecule has 21 heteroatoms. The quantitative estimate of drug-likeness (QED) is 0.0489. The summed E-state index contributed by atoms with van der Waals surface area (Å²) in [4.78, 5) is 90.5. The minimum atomic E-state index is -0.582. The molecule has 0 spiro atoms. The van der Waals surface area contributed by atoms with E-state index in [0.29, 0.717) is 101 Å². The van der Waals surface area contributed by atoms with E-state index in [1.807, 2.05) is 42.5 Å². The molecule has 4 N–H and O–H groups in total. The van der Waals surface area contributed by atoms with Gasteiger partial charge in [0.25, 0.3) is 0 Å². The predicted octanol–water partition coefficient (Wildman–Crippen LogP) is 10.7. The van der Waals surface area contributed by atoms with Crippen molar-refractivity contribution < 1.29 is 47.3 Å². The van der Waals surface area contributed by atoms with E-state index in [2.05, 4.69) is 94.4 Å². The Morgan fingerprint density at radius 1 is 0.462 bits per heavy atom. The Hall–Kier alpha value is -9.73. The maximum atomic E-state index is 13.9. The fourth-order valence-electron chi connectivity index (χ4n) is 11.9. The number of hydrogen-bond donors (Lipinski definition) is 4. The highest BCUT2D eigenvalue weighted by atomic mass is 19.1. The Balaban J connectivity index is 0.000000164. The summed E-state index contributed by atoms with van der Waals surface area (Å²) < 4.78 is 37.9. The zero-order valence-corrected chi connectivity index (χ0v) is 51.1. The topological polar surface area (TPSA) is 244 Å². The van der Waals surface area contributed by atoms with Crippen molar-refractivity contribution in [3.8, 4) is 0 Å². The van der Waals surface area contributed by atoms with Gasteiger partial charge < -0.3 is 40.3 Å². The smallest absolute Gasteiger partial charge is 0.341 e. The van der Waals surface area contributed by atoms with Crippen LogP contribution in [-0.4, -0.2) is 134 Å². The summed E-state index contributed by atoms with van der Waals surface area (Å²) in [5, 5.41) is 17.8. The summed E-state index contributed by atoms with van der Waals surface area (Å²) in [5.74, 6) is -0.178. The van der Waals surface area contributed by atoms with Gasteiger partial charge in [-0.1, -0.05) is 115 Å². The number of esters is 2. The average Bonchev–Trinajstić information content (AvgIpc) is 1.18. The molecule has 0 bridgehead atoms. The van der Waals surface area contributed by atoms with Gasteiger partial charge in [-0.15, -0.1) is 0 Å². The Morgan fingerprint density at radius 2 is 0.769 bits per heavy atom. The number of nitrogens with one attached hydrogen (secondary N) is 3. The number of ketones is 1. The number of aromatic nitrogens is 6. The number of urea groups is 2. The van der Waals surface area contributed by atoms with Crippen LogP contribution in [0.1, 0.15) is 118 Å². The van der Waals surface area contributed by atoms with Gasteiger partial charge in [-0.3, -0.25) is 4.79 Å². The number of Topliss-reactive ketones (excluding diaryl/α,β-unsaturated/α-hetero) is 1. The SMILES string of the molecule is CCOC(=O)c1cnc(CC2(c3ccccc3)CCN(C(=O)Nc3ccccc3F)CC2)nc1.CCOC(=O)c1cnc(CC2(c3ccccc3)CCNCC2)nc1.O=C(CO)c1cnc(CC2(c3ccccc3)CCN(C(=O)Nc3ccccc3F)CC2)nc1. The number of ether oxygens (including phenoxy) is 2. The number of carbonyl (C=O) groups excluding carboxylic acids is 5. The number of aliphatic hydroxyl groups is 1. The third-order valence-electron chi connectivity index (χ3n) is 17.1. The van der Waals surface area contributed by atoms with Crippen LogP contribution in [0.4, 0.5) is 29.7 Å². The Labute approximate surface area is 528 Å². The summed E-state index contributed by atoms with van der Waals surface area (Å²) in [6.07, 6.45) is 15.8. The van der Waals surface area contributed by atoms with E-state index in [4.69, 9.17) is 14.6 Å². The molecule has 5 aromatic carbocycles. The minimum absolute atomic E-state index is 0.0535. The van der Waals surface area contributed by atoms with E-state index in [1.54, 1.807) is 66.4 Å². The van der Waals surface area contributed by atoms with Crippen LogP contribution in [0.25, 0.3) is 0 Å². The monoisotopic (exact) mass is 1240 g/mol. The number of carbonyl (C=O) groups is 5. The molecule has 0 aliphatic carbocycles. The molecular formula is C70H75F2N11O8. The fraction of sp³-hybridized carbons (Fsp3) is 0.329. The van der Waals surface area contributed by atoms with Crippen molar-refractivity contribution in [1.82, 2.24) is 45.0 Å². The molecule has 19 nitrogen and oxygen atoms in total. The number of amides is 4. The molecule has 11 rings (SSSR count). The van der Waals surface area contributed by atoms with E-state index in [0.717, 1.165) is 49.3 Å². The van der Waals surface area contributed by atoms with Crippen LogP contribution in [0, 0.1) is 11.6 Å². The standard InChI is InChI=1S/C26H27FN4O3.C25H25FN4O3.C19H23N3O2/c1-2-34-24(32)19-17-28-23(29-18-19)16-26(20-8-4-3-5-9-20)12-14-31(15-13-26)25(33)30-22-11-7-6-10-21(22)27;26-20-8-4-5-9-21(20)29-24(33)30-12-10-25(11-13-30,19-6-2-1-3-7-19)14-23-27-15-18(16-28-23)22(32)17-31;1-2-24-18(23)15-13-21-17(22-14-15)12-19(8-10-20-11-9-19)16-6-4-3-5-7-16/h3-11,17-18H,2,12-16H2,1H3,(H,30,33);1-9,15-16,31H,10-14,17H2,(H,29,33);3-7,13-14,20H,2,8-12H2,1H3. The molecule has 4 amide bonds. The van der Waals surface area contributed by atoms with Gasteiger partial charge in [0.2, 0.25) is 0 Å². The lowest BCUT2D eigenvalue weighted by Crippen LogP contribution is -2.47. The highest BCUT2D eigenvalue weighted by molar-refractivity contribution is 5.96. The van der Waals surface area contributed by atoms with Crippen LogP contribution < -0.4 is 16.0 Å². The highest BCUT2D eigenvalue weighted by Gasteiger charge is 2.41. The molecule has 0 radical (unpaired) electrons. The summed E-state index contributed by atoms with van der Waals surface area (Å²) in [5.41, 5.74) is 4.46. The van der Waals surface area contributed by atoms with Crippen LogP contribution in [0.2, 0.25) is 0 Å². The number of aliphatic hydroxyl groups excluding tert-OH is 1. The van der Waals surface area contributed by atoms with Crippen molar-refractivity contribution in [1.29, 1.82) is 0 Å². The zero-order chi connectivity index (χ0) is 64.1. The normalized spacial score (nSPS) is 15.4. The average molecular weight is 1240 g/mol. The molecule has 8 aromatic rings. The summed E-state index contributed by atoms with van der Waals surface area (Å²) in [6.45, 7) is 7.60. The number of piperidine rings is 3. The second-order valence-corrected chi connectivity index (χ2v) is 22.7. The van der Waals surface area contributed by atoms with Crippen LogP contribution in [0.3, 0.4) is 0 Å². The molecule has 3 aliphatic heterocycles. The van der Waals surface area contributed by atoms with Crippen LogP contribution in [0.15, 0.2) is 177 Å². The first-order valence-electron chi connectivity index (χ1n) is 30.6. The molecular weight excluding hydrogens is 1160 g/mol. The number of likely N-dealkylation sites (tertiary alicyclic amines) is 2. The second-order valence-electron chi connectivity index (χ2n) is 22.7. The summed E-state index contributed by atoms with van der Waals surface area (Å²) in [7, 11) is 0. The Bertz CT molecular complexity index is 3670. The second kappa shape index (κ2) is 31.6. The maximum absolute atomic E-state index is 13.9. The molecule has 3 fully saturated rings. The largest absolute Gasteiger partial charge is 0.462 e. The number of nitrogens with zero attached hydrogens (tertiary/aromatic N) is 8. The number of halogens is 2. The van der Waals surface area contributed by atoms with Crippen molar-refractivity contribution in [3.05, 3.63) is 239 Å². The van der Waals surface area contributed by atoms with Crippen LogP contribution >= 0.6 is 0 Å². The Kier molecular flexibility index (Phi) is 22.8. The summed E-state index contributed by atoms with van der Waals surface area (Å²) in [6, 6.07) is 42.4. The van der Waals surface area contributed by atoms with E-state index in [1.165, 1.54) is 48.5 Å². The van der Waals surface area contributed by atoms with Gasteiger partial charge in [0.1, 0.15) is 35.7 Å². The Morgan fingerprint density at radius 3 is 1.09 bits per heavy atom. The number of hydrogen-bond acceptors (Lipinski definition) is 15. The molecule has 91 heavy (non-hydrogen) atoms. The minimum Gasteiger partial charge on any atom is -0.462 e. The molecule has 3 saturated heterocycles. The van der Waals surface area contributed by atoms with Crippen molar-refractivity contribution in [2.24, 2.45) is 0 Å². The van der Waals surface area contributed by atoms with Crippen molar-refractivity contribution in [2.75, 3.05) is 69.7 Å². The molecule has 0 unspecified atom stereocenters. The number of benzene rings is 5. The van der Waals surface area contributed by atoms with Crippen molar-refractivity contribution in [3.63, 3.8) is 0 Å². The third-order valence-corrected chi connectivity index (χ3v) is 17.1. The summed E-state index contributed by atoms with van der Waals surface area (Å²) >= 11 is 0. The van der Waals surface area contributed by atoms with Gasteiger partial charge >= 0.3 is 24.0 Å². The molecule has 0 atom stereocenters. The van der Waals surface area contributed by atoms with Gasteiger partial charge in [-0.25, -0.2) is 57.9 Å². The highest BCUT2D eigenvalue weighted by Crippen LogP contribution is 2.41. The van der Waals surface area contributed by atoms with Crippen molar-refractivity contribution in [2.45, 2.75) is 87.9 Å². The van der Waals surface area contributed by atoms with Crippen LogP contribution in [0.5, 0.6) is 0 Å². The predicted molar refractivity (Wildman–Crippen MR) is 339 cm³/mol. The van der Waals surface area contributed by atoms with E-state index in [-0.39, 0.29) is 51.2 Å². The molecule has 0 saturated carbocycles. The number of rotatable bonds is 17. The zero-order valence-electron chi connectivity index (χ0n) is 51.1. The fourth-order valence-corrected chi connectivity index (χ4v) is 11.9. The van der Waals surface area contributed by atoms with Gasteiger partial charge in [0, 0.05) is 98.9 Å². The van der Waals surface area contributed by atoms with Crippen LogP contribution in [-0.2, 0) is 45.0 Å². The molecule has 6 heterocycles. The third kappa shape index (κ3) is 17.2. The van der Waals surface area contributed by atoms with E-state index < -0.39 is 30.0 Å². The maximum Gasteiger partial charge on any atom is 0.341 e. The lowest BCUT2D eigenvalue weighted by Gasteiger charge is -2.42. The van der Waals surface area contributed by atoms with Gasteiger partial charge in [0.05, 0.1) is 41.3 Å². The van der Waals surface area contributed by atoms with E-state index in [9.17, 15) is 32.8 Å². The van der Waals surface area contributed by atoms with Gasteiger partial charge in [0.15, 0.2) is 5.78 Å². The van der Waals surface area contributed by atoms with Gasteiger partial charge in [-0.2, -0.15) is 0 Å². The van der Waals surface area contributed by atoms with E-state index >= 15 is 0 Å². The number of anilines is 2. The van der Waals surface area contributed by atoms with Gasteiger partial charge in [-0.05, 0) is 106 Å². The lowest BCUT2D eigenvalue weighted by molar-refractivity contribution is 0.0515. The molecule has 3 aromatic heterocycles. The first-order valence-corrected chi connectivity index (χ1v) is 30.6. The number of para-hydroxylation sites is 2.